The zero-order valence-corrected chi connectivity index (χ0v) is 14.1. The van der Waals surface area contributed by atoms with Crippen LogP contribution in [-0.2, 0) is 11.3 Å². The van der Waals surface area contributed by atoms with E-state index < -0.39 is 0 Å². The monoisotopic (exact) mass is 334 g/mol. The van der Waals surface area contributed by atoms with Gasteiger partial charge in [0.25, 0.3) is 5.56 Å². The molecule has 3 aromatic rings. The van der Waals surface area contributed by atoms with Gasteiger partial charge in [0, 0.05) is 22.7 Å². The van der Waals surface area contributed by atoms with Gasteiger partial charge in [-0.3, -0.25) is 19.0 Å². The largest absolute Gasteiger partial charge is 0.325 e. The summed E-state index contributed by atoms with van der Waals surface area (Å²) in [5.74, 6) is -0.331. The lowest BCUT2D eigenvalue weighted by Gasteiger charge is -2.12. The average Bonchev–Trinajstić information content (AvgIpc) is 2.59. The van der Waals surface area contributed by atoms with Gasteiger partial charge in [-0.25, -0.2) is 0 Å². The Balaban J connectivity index is 1.85. The Morgan fingerprint density at radius 3 is 2.40 bits per heavy atom. The van der Waals surface area contributed by atoms with Gasteiger partial charge in [0.2, 0.25) is 5.91 Å². The molecular formula is C20H18N2O3. The molecule has 0 bridgehead atoms. The number of nitrogens with one attached hydrogen (secondary N) is 1. The van der Waals surface area contributed by atoms with Crippen molar-refractivity contribution in [1.82, 2.24) is 4.57 Å². The van der Waals surface area contributed by atoms with E-state index in [4.69, 9.17) is 0 Å². The molecule has 0 unspecified atom stereocenters. The molecule has 126 valence electrons. The summed E-state index contributed by atoms with van der Waals surface area (Å²) in [5.41, 5.74) is 2.57. The third kappa shape index (κ3) is 3.50. The lowest BCUT2D eigenvalue weighted by atomic mass is 10.1. The van der Waals surface area contributed by atoms with Crippen LogP contribution in [0.3, 0.4) is 0 Å². The second-order valence-corrected chi connectivity index (χ2v) is 5.95. The first-order chi connectivity index (χ1) is 12.0. The van der Waals surface area contributed by atoms with Crippen molar-refractivity contribution in [3.8, 4) is 0 Å². The summed E-state index contributed by atoms with van der Waals surface area (Å²) in [6.45, 7) is 3.29. The number of anilines is 1. The standard InChI is InChI=1S/C20H18N2O3/c1-13-11-20(25)22(18-6-4-3-5-17(13)18)12-19(24)21-16-9-7-15(8-10-16)14(2)23/h3-11H,12H2,1-2H3,(H,21,24). The molecule has 0 fully saturated rings. The molecule has 0 saturated carbocycles. The lowest BCUT2D eigenvalue weighted by Crippen LogP contribution is -2.27. The van der Waals surface area contributed by atoms with Gasteiger partial charge in [-0.1, -0.05) is 18.2 Å². The topological polar surface area (TPSA) is 68.2 Å². The van der Waals surface area contributed by atoms with E-state index in [9.17, 15) is 14.4 Å². The maximum absolute atomic E-state index is 12.3. The molecule has 5 heteroatoms. The van der Waals surface area contributed by atoms with Crippen molar-refractivity contribution >= 4 is 28.3 Å². The molecule has 0 spiro atoms. The molecule has 3 rings (SSSR count). The predicted octanol–water partition coefficient (Wildman–Crippen LogP) is 3.15. The summed E-state index contributed by atoms with van der Waals surface area (Å²) in [6.07, 6.45) is 0. The summed E-state index contributed by atoms with van der Waals surface area (Å²) in [5, 5.41) is 3.70. The Kier molecular flexibility index (Phi) is 4.48. The number of hydrogen-bond donors (Lipinski definition) is 1. The molecule has 5 nitrogen and oxygen atoms in total. The molecule has 1 amide bonds. The van der Waals surface area contributed by atoms with E-state index in [1.807, 2.05) is 31.2 Å². The Morgan fingerprint density at radius 1 is 1.04 bits per heavy atom. The van der Waals surface area contributed by atoms with Gasteiger partial charge >= 0.3 is 0 Å². The maximum atomic E-state index is 12.3. The van der Waals surface area contributed by atoms with Crippen LogP contribution >= 0.6 is 0 Å². The van der Waals surface area contributed by atoms with E-state index in [1.54, 1.807) is 24.3 Å². The van der Waals surface area contributed by atoms with Crippen LogP contribution in [0.15, 0.2) is 59.4 Å². The highest BCUT2D eigenvalue weighted by atomic mass is 16.2. The normalized spacial score (nSPS) is 10.6. The third-order valence-electron chi connectivity index (χ3n) is 4.10. The molecule has 2 aromatic carbocycles. The third-order valence-corrected chi connectivity index (χ3v) is 4.10. The molecule has 0 aliphatic carbocycles. The molecule has 0 radical (unpaired) electrons. The lowest BCUT2D eigenvalue weighted by molar-refractivity contribution is -0.116. The molecule has 0 aliphatic heterocycles. The van der Waals surface area contributed by atoms with Gasteiger partial charge in [-0.2, -0.15) is 0 Å². The number of amides is 1. The number of rotatable bonds is 4. The number of Topliss-reactive ketones (excluding diaryl/α,β-unsaturated/α-hetero) is 1. The van der Waals surface area contributed by atoms with Crippen LogP contribution in [0.4, 0.5) is 5.69 Å². The van der Waals surface area contributed by atoms with Crippen molar-refractivity contribution in [3.63, 3.8) is 0 Å². The predicted molar refractivity (Wildman–Crippen MR) is 98.0 cm³/mol. The first kappa shape index (κ1) is 16.6. The highest BCUT2D eigenvalue weighted by Gasteiger charge is 2.10. The van der Waals surface area contributed by atoms with E-state index in [0.29, 0.717) is 11.3 Å². The fraction of sp³-hybridized carbons (Fsp3) is 0.150. The van der Waals surface area contributed by atoms with Crippen molar-refractivity contribution in [2.24, 2.45) is 0 Å². The minimum atomic E-state index is -0.299. The number of carbonyl (C=O) groups is 2. The number of para-hydroxylation sites is 1. The summed E-state index contributed by atoms with van der Waals surface area (Å²) in [6, 6.07) is 15.7. The van der Waals surface area contributed by atoms with Gasteiger partial charge in [-0.05, 0) is 49.7 Å². The molecule has 0 atom stereocenters. The molecule has 0 saturated heterocycles. The SMILES string of the molecule is CC(=O)c1ccc(NC(=O)Cn2c(=O)cc(C)c3ccccc32)cc1. The van der Waals surface area contributed by atoms with Crippen LogP contribution in [0.25, 0.3) is 10.9 Å². The Bertz CT molecular complexity index is 1020. The van der Waals surface area contributed by atoms with Crippen molar-refractivity contribution in [1.29, 1.82) is 0 Å². The van der Waals surface area contributed by atoms with Crippen LogP contribution in [0.1, 0.15) is 22.8 Å². The van der Waals surface area contributed by atoms with Crippen LogP contribution in [0.5, 0.6) is 0 Å². The summed E-state index contributed by atoms with van der Waals surface area (Å²) in [4.78, 5) is 35.9. The number of ketones is 1. The van der Waals surface area contributed by atoms with Gasteiger partial charge < -0.3 is 5.32 Å². The molecule has 25 heavy (non-hydrogen) atoms. The van der Waals surface area contributed by atoms with Gasteiger partial charge in [0.15, 0.2) is 5.78 Å². The van der Waals surface area contributed by atoms with Gasteiger partial charge in [0.1, 0.15) is 6.54 Å². The highest BCUT2D eigenvalue weighted by Crippen LogP contribution is 2.16. The van der Waals surface area contributed by atoms with Crippen LogP contribution < -0.4 is 10.9 Å². The van der Waals surface area contributed by atoms with E-state index in [1.165, 1.54) is 17.6 Å². The Morgan fingerprint density at radius 2 is 1.72 bits per heavy atom. The van der Waals surface area contributed by atoms with E-state index in [-0.39, 0.29) is 23.8 Å². The number of hydrogen-bond acceptors (Lipinski definition) is 3. The zero-order valence-electron chi connectivity index (χ0n) is 14.1. The van der Waals surface area contributed by atoms with Crippen LogP contribution in [0, 0.1) is 6.92 Å². The van der Waals surface area contributed by atoms with Crippen molar-refractivity contribution < 1.29 is 9.59 Å². The minimum Gasteiger partial charge on any atom is -0.325 e. The average molecular weight is 334 g/mol. The van der Waals surface area contributed by atoms with Crippen molar-refractivity contribution in [2.75, 3.05) is 5.32 Å². The number of aromatic nitrogens is 1. The quantitative estimate of drug-likeness (QED) is 0.745. The fourth-order valence-electron chi connectivity index (χ4n) is 2.80. The van der Waals surface area contributed by atoms with E-state index in [2.05, 4.69) is 5.32 Å². The molecule has 1 N–H and O–H groups in total. The number of fused-ring (bicyclic) bond motifs is 1. The maximum Gasteiger partial charge on any atom is 0.251 e. The zero-order chi connectivity index (χ0) is 18.0. The highest BCUT2D eigenvalue weighted by molar-refractivity contribution is 5.96. The number of carbonyl (C=O) groups excluding carboxylic acids is 2. The Hall–Kier alpha value is -3.21. The van der Waals surface area contributed by atoms with Crippen molar-refractivity contribution in [3.05, 3.63) is 76.1 Å². The van der Waals surface area contributed by atoms with E-state index >= 15 is 0 Å². The first-order valence-electron chi connectivity index (χ1n) is 7.96. The summed E-state index contributed by atoms with van der Waals surface area (Å²) >= 11 is 0. The Labute approximate surface area is 144 Å². The van der Waals surface area contributed by atoms with Gasteiger partial charge in [0.05, 0.1) is 5.52 Å². The summed E-state index contributed by atoms with van der Waals surface area (Å²) in [7, 11) is 0. The van der Waals surface area contributed by atoms with E-state index in [0.717, 1.165) is 16.5 Å². The van der Waals surface area contributed by atoms with Gasteiger partial charge in [-0.15, -0.1) is 0 Å². The second-order valence-electron chi connectivity index (χ2n) is 5.95. The number of benzene rings is 2. The molecular weight excluding hydrogens is 316 g/mol. The smallest absolute Gasteiger partial charge is 0.251 e. The van der Waals surface area contributed by atoms with Crippen LogP contribution in [-0.4, -0.2) is 16.3 Å². The fourth-order valence-corrected chi connectivity index (χ4v) is 2.80. The number of pyridine rings is 1. The second kappa shape index (κ2) is 6.73. The summed E-state index contributed by atoms with van der Waals surface area (Å²) < 4.78 is 1.46. The van der Waals surface area contributed by atoms with Crippen molar-refractivity contribution in [2.45, 2.75) is 20.4 Å². The molecule has 1 heterocycles. The molecule has 0 aliphatic rings. The number of aryl methyl sites for hydroxylation is 1. The minimum absolute atomic E-state index is 0.0319. The van der Waals surface area contributed by atoms with Crippen LogP contribution in [0.2, 0.25) is 0 Å². The number of nitrogens with zero attached hydrogens (tertiary/aromatic N) is 1. The first-order valence-corrected chi connectivity index (χ1v) is 7.96. The molecule has 1 aromatic heterocycles.